The van der Waals surface area contributed by atoms with Crippen LogP contribution in [0, 0.1) is 5.92 Å². The lowest BCUT2D eigenvalue weighted by Crippen LogP contribution is -2.49. The maximum Gasteiger partial charge on any atom is 0.264 e. The fourth-order valence-electron chi connectivity index (χ4n) is 4.35. The highest BCUT2D eigenvalue weighted by atomic mass is 79.9. The lowest BCUT2D eigenvalue weighted by atomic mass is 9.71. The Bertz CT molecular complexity index is 926. The zero-order valence-corrected chi connectivity index (χ0v) is 16.8. The normalized spacial score (nSPS) is 24.1. The summed E-state index contributed by atoms with van der Waals surface area (Å²) in [5.74, 6) is -1.28. The van der Waals surface area contributed by atoms with Crippen molar-refractivity contribution in [2.75, 3.05) is 11.4 Å². The number of ketones is 1. The Morgan fingerprint density at radius 2 is 2.00 bits per heavy atom. The fraction of sp³-hybridized carbons (Fsp3) is 0.364. The standard InChI is InChI=1S/C22H22BrNO3/c1-2-3-12-24-19-11-9-15(23)13-18(19)22(27,21(24)26)17-10-8-14-6-4-5-7-16(14)20(17)25/h4-7,9,11,13,17,27H,2-3,8,10,12H2,1H3. The molecule has 2 unspecified atom stereocenters. The summed E-state index contributed by atoms with van der Waals surface area (Å²) in [4.78, 5) is 28.2. The van der Waals surface area contributed by atoms with Crippen LogP contribution in [0.25, 0.3) is 0 Å². The van der Waals surface area contributed by atoms with Crippen molar-refractivity contribution in [1.82, 2.24) is 0 Å². The third-order valence-electron chi connectivity index (χ3n) is 5.77. The van der Waals surface area contributed by atoms with Crippen LogP contribution in [-0.2, 0) is 16.8 Å². The summed E-state index contributed by atoms with van der Waals surface area (Å²) in [5, 5.41) is 11.7. The molecular weight excluding hydrogens is 406 g/mol. The lowest BCUT2D eigenvalue weighted by Gasteiger charge is -2.34. The number of aliphatic hydroxyl groups is 1. The minimum absolute atomic E-state index is 0.143. The largest absolute Gasteiger partial charge is 0.375 e. The van der Waals surface area contributed by atoms with Gasteiger partial charge in [0.15, 0.2) is 11.4 Å². The van der Waals surface area contributed by atoms with Gasteiger partial charge in [0.1, 0.15) is 0 Å². The molecule has 140 valence electrons. The lowest BCUT2D eigenvalue weighted by molar-refractivity contribution is -0.140. The van der Waals surface area contributed by atoms with Crippen LogP contribution >= 0.6 is 15.9 Å². The number of anilines is 1. The number of carbonyl (C=O) groups is 2. The van der Waals surface area contributed by atoms with Gasteiger partial charge in [-0.05, 0) is 43.0 Å². The second-order valence-corrected chi connectivity index (χ2v) is 8.27. The number of benzene rings is 2. The minimum Gasteiger partial charge on any atom is -0.375 e. The first-order chi connectivity index (χ1) is 13.0. The number of hydrogen-bond donors (Lipinski definition) is 1. The number of halogens is 1. The molecule has 0 spiro atoms. The van der Waals surface area contributed by atoms with Crippen molar-refractivity contribution in [2.45, 2.75) is 38.2 Å². The second kappa shape index (κ2) is 6.88. The Kier molecular flexibility index (Phi) is 4.68. The van der Waals surface area contributed by atoms with Gasteiger partial charge in [-0.3, -0.25) is 9.59 Å². The van der Waals surface area contributed by atoms with Crippen LogP contribution in [0.3, 0.4) is 0 Å². The summed E-state index contributed by atoms with van der Waals surface area (Å²) >= 11 is 3.45. The predicted molar refractivity (Wildman–Crippen MR) is 108 cm³/mol. The summed E-state index contributed by atoms with van der Waals surface area (Å²) in [6.45, 7) is 2.61. The molecule has 1 amide bonds. The zero-order chi connectivity index (χ0) is 19.2. The molecule has 1 heterocycles. The molecule has 1 N–H and O–H groups in total. The fourth-order valence-corrected chi connectivity index (χ4v) is 4.71. The topological polar surface area (TPSA) is 57.6 Å². The third kappa shape index (κ3) is 2.75. The van der Waals surface area contributed by atoms with E-state index in [1.54, 1.807) is 17.0 Å². The van der Waals surface area contributed by atoms with Gasteiger partial charge in [-0.1, -0.05) is 53.5 Å². The summed E-state index contributed by atoms with van der Waals surface area (Å²) in [5.41, 5.74) is 1.06. The highest BCUT2D eigenvalue weighted by molar-refractivity contribution is 9.10. The van der Waals surface area contributed by atoms with Gasteiger partial charge in [-0.25, -0.2) is 0 Å². The summed E-state index contributed by atoms with van der Waals surface area (Å²) < 4.78 is 0.786. The molecule has 4 nitrogen and oxygen atoms in total. The molecule has 1 aliphatic heterocycles. The first-order valence-electron chi connectivity index (χ1n) is 9.45. The first kappa shape index (κ1) is 18.4. The summed E-state index contributed by atoms with van der Waals surface area (Å²) in [6.07, 6.45) is 2.94. The van der Waals surface area contributed by atoms with Gasteiger partial charge in [0.25, 0.3) is 5.91 Å². The predicted octanol–water partition coefficient (Wildman–Crippen LogP) is 4.23. The monoisotopic (exact) mass is 427 g/mol. The maximum atomic E-state index is 13.4. The molecule has 1 aliphatic carbocycles. The molecule has 0 saturated carbocycles. The Labute approximate surface area is 167 Å². The average molecular weight is 428 g/mol. The van der Waals surface area contributed by atoms with Crippen molar-refractivity contribution in [3.8, 4) is 0 Å². The van der Waals surface area contributed by atoms with Crippen molar-refractivity contribution >= 4 is 33.3 Å². The molecule has 0 fully saturated rings. The highest BCUT2D eigenvalue weighted by Gasteiger charge is 2.57. The van der Waals surface area contributed by atoms with Crippen molar-refractivity contribution in [1.29, 1.82) is 0 Å². The van der Waals surface area contributed by atoms with E-state index in [0.717, 1.165) is 22.9 Å². The van der Waals surface area contributed by atoms with Crippen molar-refractivity contribution in [2.24, 2.45) is 5.92 Å². The van der Waals surface area contributed by atoms with Crippen LogP contribution in [0.2, 0.25) is 0 Å². The molecule has 2 aromatic rings. The first-order valence-corrected chi connectivity index (χ1v) is 10.2. The van der Waals surface area contributed by atoms with Crippen molar-refractivity contribution in [3.63, 3.8) is 0 Å². The van der Waals surface area contributed by atoms with Crippen LogP contribution in [0.4, 0.5) is 5.69 Å². The number of aryl methyl sites for hydroxylation is 1. The van der Waals surface area contributed by atoms with Gasteiger partial charge in [-0.15, -0.1) is 0 Å². The van der Waals surface area contributed by atoms with E-state index in [2.05, 4.69) is 22.9 Å². The molecule has 2 aliphatic rings. The van der Waals surface area contributed by atoms with Crippen molar-refractivity contribution < 1.29 is 14.7 Å². The zero-order valence-electron chi connectivity index (χ0n) is 15.2. The number of hydrogen-bond acceptors (Lipinski definition) is 3. The van der Waals surface area contributed by atoms with E-state index >= 15 is 0 Å². The molecule has 5 heteroatoms. The van der Waals surface area contributed by atoms with Crippen LogP contribution in [0.15, 0.2) is 46.9 Å². The van der Waals surface area contributed by atoms with Crippen LogP contribution < -0.4 is 4.90 Å². The van der Waals surface area contributed by atoms with E-state index < -0.39 is 11.5 Å². The van der Waals surface area contributed by atoms with Gasteiger partial charge >= 0.3 is 0 Å². The number of amides is 1. The van der Waals surface area contributed by atoms with Crippen LogP contribution in [-0.4, -0.2) is 23.3 Å². The van der Waals surface area contributed by atoms with E-state index in [1.165, 1.54) is 0 Å². The number of nitrogens with zero attached hydrogens (tertiary/aromatic N) is 1. The second-order valence-electron chi connectivity index (χ2n) is 7.35. The Morgan fingerprint density at radius 1 is 1.22 bits per heavy atom. The molecule has 2 aromatic carbocycles. The van der Waals surface area contributed by atoms with E-state index in [0.29, 0.717) is 36.2 Å². The van der Waals surface area contributed by atoms with E-state index in [-0.39, 0.29) is 11.7 Å². The number of carbonyl (C=O) groups excluding carboxylic acids is 2. The third-order valence-corrected chi connectivity index (χ3v) is 6.27. The minimum atomic E-state index is -1.81. The van der Waals surface area contributed by atoms with Gasteiger partial charge in [-0.2, -0.15) is 0 Å². The molecule has 4 rings (SSSR count). The highest BCUT2D eigenvalue weighted by Crippen LogP contribution is 2.49. The molecule has 0 radical (unpaired) electrons. The summed E-state index contributed by atoms with van der Waals surface area (Å²) in [6, 6.07) is 13.0. The van der Waals surface area contributed by atoms with Gasteiger partial charge < -0.3 is 10.0 Å². The molecule has 0 bridgehead atoms. The molecular formula is C22H22BrNO3. The Hall–Kier alpha value is -1.98. The van der Waals surface area contributed by atoms with E-state index in [9.17, 15) is 14.7 Å². The Balaban J connectivity index is 1.81. The van der Waals surface area contributed by atoms with Crippen molar-refractivity contribution in [3.05, 3.63) is 63.6 Å². The van der Waals surface area contributed by atoms with Crippen LogP contribution in [0.1, 0.15) is 47.7 Å². The maximum absolute atomic E-state index is 13.4. The smallest absolute Gasteiger partial charge is 0.264 e. The average Bonchev–Trinajstić information content (AvgIpc) is 2.88. The summed E-state index contributed by atoms with van der Waals surface area (Å²) in [7, 11) is 0. The van der Waals surface area contributed by atoms with E-state index in [4.69, 9.17) is 0 Å². The van der Waals surface area contributed by atoms with Crippen LogP contribution in [0.5, 0.6) is 0 Å². The van der Waals surface area contributed by atoms with Gasteiger partial charge in [0, 0.05) is 22.1 Å². The molecule has 27 heavy (non-hydrogen) atoms. The quantitative estimate of drug-likeness (QED) is 0.793. The molecule has 0 aromatic heterocycles. The van der Waals surface area contributed by atoms with Gasteiger partial charge in [0.05, 0.1) is 11.6 Å². The van der Waals surface area contributed by atoms with Gasteiger partial charge in [0.2, 0.25) is 0 Å². The number of Topliss-reactive ketones (excluding diaryl/α,β-unsaturated/α-hetero) is 1. The SMILES string of the molecule is CCCCN1C(=O)C(O)(C2CCc3ccccc3C2=O)c2cc(Br)ccc21. The molecule has 2 atom stereocenters. The molecule has 0 saturated heterocycles. The number of rotatable bonds is 4. The number of unbranched alkanes of at least 4 members (excludes halogenated alkanes) is 1. The Morgan fingerprint density at radius 3 is 2.78 bits per heavy atom. The number of fused-ring (bicyclic) bond motifs is 2. The van der Waals surface area contributed by atoms with E-state index in [1.807, 2.05) is 30.3 Å².